The second kappa shape index (κ2) is 15.7. The molecule has 4 rings (SSSR count). The summed E-state index contributed by atoms with van der Waals surface area (Å²) >= 11 is 0. The van der Waals surface area contributed by atoms with E-state index in [-0.39, 0.29) is 30.3 Å². The Balaban J connectivity index is 1.61. The van der Waals surface area contributed by atoms with E-state index in [4.69, 9.17) is 28.4 Å². The number of esters is 2. The molecule has 2 aromatic carbocycles. The van der Waals surface area contributed by atoms with Crippen molar-refractivity contribution in [3.05, 3.63) is 53.6 Å². The molecule has 0 aliphatic carbocycles. The molecule has 0 radical (unpaired) electrons. The molecule has 2 fully saturated rings. The van der Waals surface area contributed by atoms with Crippen LogP contribution >= 0.6 is 0 Å². The second-order valence-electron chi connectivity index (χ2n) is 11.0. The van der Waals surface area contributed by atoms with Gasteiger partial charge in [-0.1, -0.05) is 12.1 Å². The van der Waals surface area contributed by atoms with E-state index in [1.165, 1.54) is 49.4 Å². The summed E-state index contributed by atoms with van der Waals surface area (Å²) in [6.45, 7) is 1.62. The number of phenols is 4. The van der Waals surface area contributed by atoms with Gasteiger partial charge in [0.05, 0.1) is 19.3 Å². The summed E-state index contributed by atoms with van der Waals surface area (Å²) < 4.78 is 34.4. The lowest BCUT2D eigenvalue weighted by molar-refractivity contribution is -0.358. The number of aliphatic hydroxyl groups excluding tert-OH is 4. The molecule has 0 saturated carbocycles. The van der Waals surface area contributed by atoms with Crippen molar-refractivity contribution in [1.29, 1.82) is 0 Å². The molecule has 47 heavy (non-hydrogen) atoms. The highest BCUT2D eigenvalue weighted by Crippen LogP contribution is 2.33. The highest BCUT2D eigenvalue weighted by molar-refractivity contribution is 5.87. The molecule has 2 heterocycles. The minimum Gasteiger partial charge on any atom is -0.504 e. The van der Waals surface area contributed by atoms with Crippen molar-refractivity contribution < 1.29 is 78.9 Å². The van der Waals surface area contributed by atoms with E-state index in [0.717, 1.165) is 13.0 Å². The van der Waals surface area contributed by atoms with E-state index in [1.54, 1.807) is 0 Å². The third kappa shape index (κ3) is 8.88. The molecule has 0 aromatic heterocycles. The van der Waals surface area contributed by atoms with E-state index in [0.29, 0.717) is 11.1 Å². The van der Waals surface area contributed by atoms with Crippen LogP contribution in [0.15, 0.2) is 42.5 Å². The van der Waals surface area contributed by atoms with Crippen LogP contribution in [0.1, 0.15) is 25.0 Å². The molecular weight excluding hydrogens is 628 g/mol. The van der Waals surface area contributed by atoms with Crippen LogP contribution in [0, 0.1) is 0 Å². The van der Waals surface area contributed by atoms with Gasteiger partial charge in [0.1, 0.15) is 30.5 Å². The first-order valence-corrected chi connectivity index (χ1v) is 14.6. The lowest BCUT2D eigenvalue weighted by Gasteiger charge is -2.47. The van der Waals surface area contributed by atoms with Crippen molar-refractivity contribution in [2.24, 2.45) is 0 Å². The number of ether oxygens (including phenoxy) is 6. The van der Waals surface area contributed by atoms with Gasteiger partial charge in [0, 0.05) is 13.0 Å². The minimum atomic E-state index is -1.81. The molecule has 0 amide bonds. The van der Waals surface area contributed by atoms with Crippen LogP contribution < -0.4 is 0 Å². The summed E-state index contributed by atoms with van der Waals surface area (Å²) in [5.74, 6) is -3.31. The third-order valence-corrected chi connectivity index (χ3v) is 7.55. The normalized spacial score (nSPS) is 31.0. The topological polar surface area (TPSA) is 251 Å². The van der Waals surface area contributed by atoms with E-state index >= 15 is 0 Å². The monoisotopic (exact) mass is 666 g/mol. The number of aliphatic hydroxyl groups is 4. The lowest BCUT2D eigenvalue weighted by atomic mass is 9.96. The summed E-state index contributed by atoms with van der Waals surface area (Å²) in [7, 11) is 0. The van der Waals surface area contributed by atoms with Gasteiger partial charge in [-0.05, 0) is 54.8 Å². The first kappa shape index (κ1) is 35.8. The van der Waals surface area contributed by atoms with Crippen molar-refractivity contribution >= 4 is 18.0 Å². The number of rotatable bonds is 11. The molecule has 16 nitrogen and oxygen atoms in total. The first-order chi connectivity index (χ1) is 22.3. The number of hydrogen-bond acceptors (Lipinski definition) is 16. The van der Waals surface area contributed by atoms with Gasteiger partial charge in [-0.3, -0.25) is 4.79 Å². The fourth-order valence-electron chi connectivity index (χ4n) is 5.05. The number of hydrogen-bond donors (Lipinski definition) is 8. The number of carbonyl (C=O) groups is 2. The van der Waals surface area contributed by atoms with Crippen LogP contribution in [0.5, 0.6) is 23.0 Å². The molecule has 0 unspecified atom stereocenters. The van der Waals surface area contributed by atoms with Crippen LogP contribution in [0.3, 0.4) is 0 Å². The standard InChI is InChI=1S/C31H38O16/c1-14-24(39)25(40)26(41)30(43-14)47-28-27(46-23(38)8-5-16-3-6-18(34)20(36)11-16)22(13-32)45-31(29(28)44-15(2)33)42-10-9-17-4-7-19(35)21(37)12-17/h3-8,11-12,14,22,24-32,34-37,39-41H,9-10,13H2,1-2H3/b8-5-/t14-,22+,24-,25+,26+,27+,28-,29+,30+,31+/m1/s1. The zero-order valence-electron chi connectivity index (χ0n) is 25.4. The SMILES string of the molecule is CC(=O)O[C@@H]1[C@@H](OCCc2ccc(O)c(O)c2)O[C@@H](CO)[C@H](OC(=O)/C=C\c2ccc(O)c(O)c2)[C@H]1O[C@@H]1O[C@H](C)[C@@H](O)[C@H](O)[C@@H]1O. The van der Waals surface area contributed by atoms with Crippen molar-refractivity contribution in [2.75, 3.05) is 13.2 Å². The maximum Gasteiger partial charge on any atom is 0.331 e. The lowest BCUT2D eigenvalue weighted by Crippen LogP contribution is -2.65. The first-order valence-electron chi connectivity index (χ1n) is 14.6. The van der Waals surface area contributed by atoms with Gasteiger partial charge < -0.3 is 69.3 Å². The van der Waals surface area contributed by atoms with Crippen molar-refractivity contribution in [3.63, 3.8) is 0 Å². The van der Waals surface area contributed by atoms with E-state index < -0.39 is 85.7 Å². The molecule has 2 aromatic rings. The molecule has 0 bridgehead atoms. The summed E-state index contributed by atoms with van der Waals surface area (Å²) in [5.41, 5.74) is 0.879. The maximum atomic E-state index is 13.0. The molecule has 2 aliphatic rings. The maximum absolute atomic E-state index is 13.0. The fourth-order valence-corrected chi connectivity index (χ4v) is 5.05. The van der Waals surface area contributed by atoms with E-state index in [2.05, 4.69) is 0 Å². The Bertz CT molecular complexity index is 1410. The molecule has 2 aliphatic heterocycles. The summed E-state index contributed by atoms with van der Waals surface area (Å²) in [6, 6.07) is 7.94. The van der Waals surface area contributed by atoms with Crippen LogP contribution in [0.2, 0.25) is 0 Å². The highest BCUT2D eigenvalue weighted by Gasteiger charge is 2.54. The van der Waals surface area contributed by atoms with Crippen molar-refractivity contribution in [3.8, 4) is 23.0 Å². The van der Waals surface area contributed by atoms with Crippen molar-refractivity contribution in [2.45, 2.75) is 81.7 Å². The third-order valence-electron chi connectivity index (χ3n) is 7.55. The number of carbonyl (C=O) groups excluding carboxylic acids is 2. The summed E-state index contributed by atoms with van der Waals surface area (Å²) in [4.78, 5) is 25.3. The minimum absolute atomic E-state index is 0.103. The Morgan fingerprint density at radius 1 is 0.809 bits per heavy atom. The largest absolute Gasteiger partial charge is 0.504 e. The van der Waals surface area contributed by atoms with Gasteiger partial charge >= 0.3 is 11.9 Å². The van der Waals surface area contributed by atoms with Gasteiger partial charge in [-0.25, -0.2) is 4.79 Å². The zero-order chi connectivity index (χ0) is 34.4. The second-order valence-corrected chi connectivity index (χ2v) is 11.0. The van der Waals surface area contributed by atoms with Gasteiger partial charge in [-0.15, -0.1) is 0 Å². The molecule has 16 heteroatoms. The highest BCUT2D eigenvalue weighted by atomic mass is 16.8. The molecule has 8 N–H and O–H groups in total. The Kier molecular flexibility index (Phi) is 12.0. The van der Waals surface area contributed by atoms with Crippen LogP contribution in [-0.2, 0) is 44.4 Å². The van der Waals surface area contributed by atoms with Crippen LogP contribution in [-0.4, -0.2) is 127 Å². The van der Waals surface area contributed by atoms with Crippen LogP contribution in [0.25, 0.3) is 6.08 Å². The Morgan fingerprint density at radius 2 is 1.49 bits per heavy atom. The number of aromatic hydroxyl groups is 4. The molecule has 10 atom stereocenters. The average Bonchev–Trinajstić information content (AvgIpc) is 3.03. The predicted octanol–water partition coefficient (Wildman–Crippen LogP) is -0.445. The Morgan fingerprint density at radius 3 is 2.13 bits per heavy atom. The summed E-state index contributed by atoms with van der Waals surface area (Å²) in [5, 5.41) is 80.1. The molecular formula is C31H38O16. The van der Waals surface area contributed by atoms with Gasteiger partial charge in [0.15, 0.2) is 47.8 Å². The average molecular weight is 667 g/mol. The van der Waals surface area contributed by atoms with E-state index in [1.807, 2.05) is 0 Å². The molecule has 2 saturated heterocycles. The molecule has 0 spiro atoms. The van der Waals surface area contributed by atoms with E-state index in [9.17, 15) is 50.4 Å². The molecule has 258 valence electrons. The Hall–Kier alpha value is -4.00. The predicted molar refractivity (Wildman–Crippen MR) is 157 cm³/mol. The fraction of sp³-hybridized carbons (Fsp3) is 0.484. The smallest absolute Gasteiger partial charge is 0.331 e. The Labute approximate surface area is 268 Å². The van der Waals surface area contributed by atoms with Gasteiger partial charge in [0.25, 0.3) is 0 Å². The number of benzene rings is 2. The summed E-state index contributed by atoms with van der Waals surface area (Å²) in [6.07, 6.45) is -12.7. The quantitative estimate of drug-likeness (QED) is 0.0859. The van der Waals surface area contributed by atoms with Gasteiger partial charge in [0.2, 0.25) is 0 Å². The van der Waals surface area contributed by atoms with Gasteiger partial charge in [-0.2, -0.15) is 0 Å². The van der Waals surface area contributed by atoms with Crippen LogP contribution in [0.4, 0.5) is 0 Å². The zero-order valence-corrected chi connectivity index (χ0v) is 25.4. The number of phenolic OH excluding ortho intramolecular Hbond substituents is 4. The van der Waals surface area contributed by atoms with Crippen molar-refractivity contribution in [1.82, 2.24) is 0 Å².